The summed E-state index contributed by atoms with van der Waals surface area (Å²) in [5.74, 6) is -0.144. The van der Waals surface area contributed by atoms with E-state index in [1.54, 1.807) is 0 Å². The van der Waals surface area contributed by atoms with Crippen molar-refractivity contribution in [1.29, 1.82) is 0 Å². The summed E-state index contributed by atoms with van der Waals surface area (Å²) in [4.78, 5) is 11.5. The molecule has 1 aliphatic rings. The molecule has 0 amide bonds. The molecule has 5 heteroatoms. The third-order valence-electron chi connectivity index (χ3n) is 6.16. The number of carbonyl (C=O) groups excluding carboxylic acids is 1. The highest BCUT2D eigenvalue weighted by molar-refractivity contribution is 5.69. The Kier molecular flexibility index (Phi) is 11.3. The van der Waals surface area contributed by atoms with Gasteiger partial charge in [0.05, 0.1) is 24.4 Å². The molecule has 0 saturated heterocycles. The summed E-state index contributed by atoms with van der Waals surface area (Å²) >= 11 is 0. The zero-order chi connectivity index (χ0) is 22.6. The van der Waals surface area contributed by atoms with Gasteiger partial charge < -0.3 is 20.1 Å². The Labute approximate surface area is 187 Å². The van der Waals surface area contributed by atoms with Crippen molar-refractivity contribution in [1.82, 2.24) is 0 Å². The predicted molar refractivity (Wildman–Crippen MR) is 122 cm³/mol. The number of aryl methyl sites for hydroxylation is 1. The fraction of sp³-hybridized carbons (Fsp3) is 0.654. The van der Waals surface area contributed by atoms with E-state index in [4.69, 9.17) is 4.74 Å². The molecule has 1 aromatic rings. The highest BCUT2D eigenvalue weighted by atomic mass is 16.5. The SMILES string of the molecule is CC(C)OC(=O)CCC/C=C\C[C@H]1C(O)CC(O)C1CCC(O)CCc1ccccc1. The number of benzene rings is 1. The molecule has 2 rings (SSSR count). The number of aliphatic hydroxyl groups excluding tert-OH is 3. The molecule has 174 valence electrons. The van der Waals surface area contributed by atoms with Crippen LogP contribution in [0.1, 0.15) is 70.8 Å². The van der Waals surface area contributed by atoms with Crippen molar-refractivity contribution in [3.63, 3.8) is 0 Å². The molecule has 5 atom stereocenters. The van der Waals surface area contributed by atoms with Crippen molar-refractivity contribution in [2.75, 3.05) is 0 Å². The lowest BCUT2D eigenvalue weighted by Gasteiger charge is -2.23. The van der Waals surface area contributed by atoms with Crippen LogP contribution in [0.15, 0.2) is 42.5 Å². The normalized spacial score (nSPS) is 24.7. The summed E-state index contributed by atoms with van der Waals surface area (Å²) in [6.07, 6.45) is 8.58. The average Bonchev–Trinajstić information content (AvgIpc) is 3.00. The minimum atomic E-state index is -0.513. The molecule has 0 bridgehead atoms. The maximum atomic E-state index is 11.5. The Morgan fingerprint density at radius 2 is 1.81 bits per heavy atom. The van der Waals surface area contributed by atoms with E-state index in [2.05, 4.69) is 18.2 Å². The lowest BCUT2D eigenvalue weighted by Crippen LogP contribution is -2.23. The minimum Gasteiger partial charge on any atom is -0.463 e. The number of unbranched alkanes of at least 4 members (excludes halogenated alkanes) is 1. The van der Waals surface area contributed by atoms with Crippen molar-refractivity contribution < 1.29 is 24.9 Å². The lowest BCUT2D eigenvalue weighted by atomic mass is 9.85. The van der Waals surface area contributed by atoms with E-state index >= 15 is 0 Å². The third-order valence-corrected chi connectivity index (χ3v) is 6.16. The van der Waals surface area contributed by atoms with Gasteiger partial charge in [0.15, 0.2) is 0 Å². The molecule has 1 aliphatic carbocycles. The number of hydrogen-bond donors (Lipinski definition) is 3. The largest absolute Gasteiger partial charge is 0.463 e. The first-order chi connectivity index (χ1) is 14.9. The van der Waals surface area contributed by atoms with Gasteiger partial charge in [0.25, 0.3) is 0 Å². The van der Waals surface area contributed by atoms with Crippen molar-refractivity contribution in [2.24, 2.45) is 11.8 Å². The quantitative estimate of drug-likeness (QED) is 0.247. The van der Waals surface area contributed by atoms with Crippen LogP contribution in [0, 0.1) is 11.8 Å². The molecule has 0 spiro atoms. The first-order valence-corrected chi connectivity index (χ1v) is 11.8. The van der Waals surface area contributed by atoms with Crippen molar-refractivity contribution in [2.45, 2.75) is 96.1 Å². The lowest BCUT2D eigenvalue weighted by molar-refractivity contribution is -0.147. The van der Waals surface area contributed by atoms with Crippen LogP contribution in [-0.2, 0) is 16.0 Å². The molecule has 3 N–H and O–H groups in total. The summed E-state index contributed by atoms with van der Waals surface area (Å²) in [6.45, 7) is 3.69. The van der Waals surface area contributed by atoms with Crippen LogP contribution < -0.4 is 0 Å². The highest BCUT2D eigenvalue weighted by Gasteiger charge is 2.40. The zero-order valence-electron chi connectivity index (χ0n) is 19.0. The molecular weight excluding hydrogens is 392 g/mol. The zero-order valence-corrected chi connectivity index (χ0v) is 19.0. The molecule has 5 nitrogen and oxygen atoms in total. The van der Waals surface area contributed by atoms with Gasteiger partial charge in [-0.2, -0.15) is 0 Å². The van der Waals surface area contributed by atoms with Gasteiger partial charge in [0, 0.05) is 6.42 Å². The Morgan fingerprint density at radius 3 is 2.52 bits per heavy atom. The van der Waals surface area contributed by atoms with Gasteiger partial charge >= 0.3 is 5.97 Å². The Morgan fingerprint density at radius 1 is 1.10 bits per heavy atom. The minimum absolute atomic E-state index is 0.00652. The maximum Gasteiger partial charge on any atom is 0.306 e. The average molecular weight is 433 g/mol. The van der Waals surface area contributed by atoms with E-state index < -0.39 is 18.3 Å². The topological polar surface area (TPSA) is 87.0 Å². The second-order valence-electron chi connectivity index (χ2n) is 9.09. The third kappa shape index (κ3) is 9.55. The summed E-state index contributed by atoms with van der Waals surface area (Å²) in [5, 5.41) is 31.2. The molecule has 31 heavy (non-hydrogen) atoms. The second-order valence-corrected chi connectivity index (χ2v) is 9.09. The van der Waals surface area contributed by atoms with Gasteiger partial charge in [-0.3, -0.25) is 4.79 Å². The number of ether oxygens (including phenoxy) is 1. The summed E-state index contributed by atoms with van der Waals surface area (Å²) in [7, 11) is 0. The molecule has 0 aromatic heterocycles. The van der Waals surface area contributed by atoms with Gasteiger partial charge in [0.2, 0.25) is 0 Å². The molecule has 0 radical (unpaired) electrons. The fourth-order valence-electron chi connectivity index (χ4n) is 4.47. The first kappa shape index (κ1) is 25.6. The van der Waals surface area contributed by atoms with Crippen LogP contribution in [-0.4, -0.2) is 45.7 Å². The maximum absolute atomic E-state index is 11.5. The number of hydrogen-bond acceptors (Lipinski definition) is 5. The van der Waals surface area contributed by atoms with E-state index in [-0.39, 0.29) is 23.9 Å². The van der Waals surface area contributed by atoms with Gasteiger partial charge in [-0.1, -0.05) is 42.5 Å². The van der Waals surface area contributed by atoms with E-state index in [1.165, 1.54) is 5.56 Å². The van der Waals surface area contributed by atoms with Crippen LogP contribution >= 0.6 is 0 Å². The van der Waals surface area contributed by atoms with Crippen LogP contribution in [0.25, 0.3) is 0 Å². The van der Waals surface area contributed by atoms with Crippen LogP contribution in [0.5, 0.6) is 0 Å². The Hall–Kier alpha value is -1.69. The summed E-state index contributed by atoms with van der Waals surface area (Å²) in [5.41, 5.74) is 1.22. The molecule has 0 heterocycles. The summed E-state index contributed by atoms with van der Waals surface area (Å²) in [6, 6.07) is 10.1. The first-order valence-electron chi connectivity index (χ1n) is 11.8. The number of aliphatic hydroxyl groups is 3. The smallest absolute Gasteiger partial charge is 0.306 e. The van der Waals surface area contributed by atoms with Crippen molar-refractivity contribution in [3.8, 4) is 0 Å². The monoisotopic (exact) mass is 432 g/mol. The van der Waals surface area contributed by atoms with Gasteiger partial charge in [-0.25, -0.2) is 0 Å². The molecule has 1 saturated carbocycles. The van der Waals surface area contributed by atoms with E-state index in [1.807, 2.05) is 38.1 Å². The highest BCUT2D eigenvalue weighted by Crippen LogP contribution is 2.38. The van der Waals surface area contributed by atoms with Gasteiger partial charge in [-0.15, -0.1) is 0 Å². The van der Waals surface area contributed by atoms with Gasteiger partial charge in [-0.05, 0) is 82.6 Å². The van der Waals surface area contributed by atoms with Crippen molar-refractivity contribution in [3.05, 3.63) is 48.0 Å². The number of esters is 1. The molecular formula is C26H40O5. The Bertz CT molecular complexity index is 657. The number of allylic oxidation sites excluding steroid dienone is 2. The van der Waals surface area contributed by atoms with E-state index in [9.17, 15) is 20.1 Å². The molecule has 4 unspecified atom stereocenters. The second kappa shape index (κ2) is 13.7. The summed E-state index contributed by atoms with van der Waals surface area (Å²) < 4.78 is 5.12. The molecule has 0 aliphatic heterocycles. The number of rotatable bonds is 13. The standard InChI is InChI=1S/C26H40O5/c1-19(2)31-26(30)13-9-4-3-8-12-22-23(25(29)18-24(22)28)17-16-21(27)15-14-20-10-6-5-7-11-20/h3,5-8,10-11,19,21-25,27-29H,4,9,12-18H2,1-2H3/b8-3-/t21?,22-,23?,24?,25?/m1/s1. The van der Waals surface area contributed by atoms with Gasteiger partial charge in [0.1, 0.15) is 0 Å². The molecule has 1 fully saturated rings. The van der Waals surface area contributed by atoms with E-state index in [0.29, 0.717) is 38.5 Å². The molecule has 1 aromatic carbocycles. The Balaban J connectivity index is 1.70. The number of carbonyl (C=O) groups is 1. The van der Waals surface area contributed by atoms with Crippen LogP contribution in [0.3, 0.4) is 0 Å². The fourth-order valence-corrected chi connectivity index (χ4v) is 4.47. The van der Waals surface area contributed by atoms with E-state index in [0.717, 1.165) is 19.3 Å². The van der Waals surface area contributed by atoms with Crippen molar-refractivity contribution >= 4 is 5.97 Å². The van der Waals surface area contributed by atoms with Crippen LogP contribution in [0.2, 0.25) is 0 Å². The van der Waals surface area contributed by atoms with Crippen LogP contribution in [0.4, 0.5) is 0 Å². The predicted octanol–water partition coefficient (Wildman–Crippen LogP) is 4.19.